The summed E-state index contributed by atoms with van der Waals surface area (Å²) in [6.07, 6.45) is 0.607. The molecule has 0 aliphatic carbocycles. The largest absolute Gasteiger partial charge is 0.296 e. The molecule has 0 fully saturated rings. The molecule has 0 heterocycles. The lowest BCUT2D eigenvalue weighted by molar-refractivity contribution is -0.121. The van der Waals surface area contributed by atoms with E-state index in [1.54, 1.807) is 0 Å². The molecule has 1 unspecified atom stereocenters. The van der Waals surface area contributed by atoms with Gasteiger partial charge in [0.2, 0.25) is 0 Å². The molecular weight excluding hydrogens is 257 g/mol. The first kappa shape index (κ1) is 14.3. The maximum Gasteiger partial charge on any atom is 0.174 e. The van der Waals surface area contributed by atoms with Crippen molar-refractivity contribution >= 4 is 34.8 Å². The van der Waals surface area contributed by atoms with Crippen LogP contribution in [0.1, 0.15) is 25.8 Å². The van der Waals surface area contributed by atoms with E-state index in [9.17, 15) is 4.79 Å². The molecule has 0 N–H and O–H groups in total. The molecule has 4 heteroatoms. The van der Waals surface area contributed by atoms with Crippen LogP contribution < -0.4 is 4.42 Å². The third-order valence-electron chi connectivity index (χ3n) is 3.10. The molecule has 0 saturated heterocycles. The van der Waals surface area contributed by atoms with Crippen molar-refractivity contribution in [1.29, 1.82) is 0 Å². The van der Waals surface area contributed by atoms with Gasteiger partial charge in [-0.25, -0.2) is 0 Å². The highest BCUT2D eigenvalue weighted by atomic mass is 35.5. The van der Waals surface area contributed by atoms with Crippen molar-refractivity contribution in [2.24, 2.45) is 0 Å². The second-order valence-corrected chi connectivity index (χ2v) is 4.91. The fourth-order valence-electron chi connectivity index (χ4n) is 1.55. The van der Waals surface area contributed by atoms with Crippen LogP contribution in [0.4, 0.5) is 5.69 Å². The minimum atomic E-state index is -0.765. The van der Waals surface area contributed by atoms with Crippen molar-refractivity contribution in [2.45, 2.75) is 32.7 Å². The lowest BCUT2D eigenvalue weighted by Crippen LogP contribution is -2.48. The van der Waals surface area contributed by atoms with E-state index >= 15 is 0 Å². The Bertz CT molecular complexity index is 391. The highest BCUT2D eigenvalue weighted by Crippen LogP contribution is 2.30. The fraction of sp³-hybridized carbons (Fsp3) is 0.462. The summed E-state index contributed by atoms with van der Waals surface area (Å²) in [7, 11) is 0. The summed E-state index contributed by atoms with van der Waals surface area (Å²) in [4.78, 5) is 11.9. The first-order chi connectivity index (χ1) is 7.95. The van der Waals surface area contributed by atoms with Gasteiger partial charge in [0, 0.05) is 11.8 Å². The van der Waals surface area contributed by atoms with Gasteiger partial charge in [0.25, 0.3) is 0 Å². The SMILES string of the molecule is CCC(C)(C(=O)CCl)N(Cl)c1ccc(C)cc1. The van der Waals surface area contributed by atoms with Gasteiger partial charge in [0.1, 0.15) is 5.54 Å². The number of carbonyl (C=O) groups excluding carboxylic acids is 1. The number of Topliss-reactive ketones (excluding diaryl/α,β-unsaturated/α-hetero) is 1. The Kier molecular flexibility index (Phi) is 4.84. The molecule has 0 spiro atoms. The zero-order chi connectivity index (χ0) is 13.1. The predicted molar refractivity (Wildman–Crippen MR) is 73.9 cm³/mol. The second-order valence-electron chi connectivity index (χ2n) is 4.30. The summed E-state index contributed by atoms with van der Waals surface area (Å²) in [5.74, 6) is -0.100. The molecule has 1 atom stereocenters. The molecule has 0 aliphatic heterocycles. The van der Waals surface area contributed by atoms with E-state index in [0.717, 1.165) is 11.3 Å². The molecule has 1 rings (SSSR count). The molecule has 94 valence electrons. The van der Waals surface area contributed by atoms with Crippen LogP contribution in [0.2, 0.25) is 0 Å². The van der Waals surface area contributed by atoms with Crippen LogP contribution in [0.25, 0.3) is 0 Å². The summed E-state index contributed by atoms with van der Waals surface area (Å²) in [6.45, 7) is 5.74. The Morgan fingerprint density at radius 1 is 1.35 bits per heavy atom. The number of carbonyl (C=O) groups is 1. The number of hydrogen-bond donors (Lipinski definition) is 0. The number of halogens is 2. The van der Waals surface area contributed by atoms with E-state index in [1.165, 1.54) is 4.42 Å². The van der Waals surface area contributed by atoms with Crippen LogP contribution in [0.3, 0.4) is 0 Å². The number of rotatable bonds is 5. The number of hydrogen-bond acceptors (Lipinski definition) is 2. The molecule has 1 aromatic rings. The van der Waals surface area contributed by atoms with E-state index < -0.39 is 5.54 Å². The average molecular weight is 274 g/mol. The van der Waals surface area contributed by atoms with Crippen molar-refractivity contribution in [1.82, 2.24) is 0 Å². The minimum Gasteiger partial charge on any atom is -0.296 e. The summed E-state index contributed by atoms with van der Waals surface area (Å²) in [6, 6.07) is 7.73. The Hall–Kier alpha value is -0.730. The fourth-order valence-corrected chi connectivity index (χ4v) is 2.16. The Labute approximate surface area is 113 Å². The summed E-state index contributed by atoms with van der Waals surface area (Å²) < 4.78 is 1.48. The van der Waals surface area contributed by atoms with Crippen molar-refractivity contribution in [3.63, 3.8) is 0 Å². The molecular formula is C13H17Cl2NO. The monoisotopic (exact) mass is 273 g/mol. The summed E-state index contributed by atoms with van der Waals surface area (Å²) >= 11 is 11.9. The van der Waals surface area contributed by atoms with Gasteiger partial charge in [0.15, 0.2) is 5.78 Å². The standard InChI is InChI=1S/C13H17Cl2NO/c1-4-13(3,12(17)9-14)16(15)11-7-5-10(2)6-8-11/h5-8H,4,9H2,1-3H3. The van der Waals surface area contributed by atoms with E-state index in [0.29, 0.717) is 6.42 Å². The highest BCUT2D eigenvalue weighted by molar-refractivity contribution is 6.33. The second kappa shape index (κ2) is 5.74. The van der Waals surface area contributed by atoms with Crippen LogP contribution in [0, 0.1) is 6.92 Å². The van der Waals surface area contributed by atoms with Crippen LogP contribution in [0.15, 0.2) is 24.3 Å². The lowest BCUT2D eigenvalue weighted by Gasteiger charge is -2.35. The predicted octanol–water partition coefficient (Wildman–Crippen LogP) is 3.93. The Morgan fingerprint density at radius 3 is 2.29 bits per heavy atom. The lowest BCUT2D eigenvalue weighted by atomic mass is 9.93. The average Bonchev–Trinajstić information content (AvgIpc) is 2.36. The van der Waals surface area contributed by atoms with Gasteiger partial charge >= 0.3 is 0 Å². The number of benzene rings is 1. The molecule has 0 radical (unpaired) electrons. The number of nitrogens with zero attached hydrogens (tertiary/aromatic N) is 1. The van der Waals surface area contributed by atoms with E-state index in [-0.39, 0.29) is 11.7 Å². The molecule has 2 nitrogen and oxygen atoms in total. The van der Waals surface area contributed by atoms with Crippen LogP contribution >= 0.6 is 23.4 Å². The molecule has 1 aromatic carbocycles. The molecule has 0 bridgehead atoms. The van der Waals surface area contributed by atoms with E-state index in [2.05, 4.69) is 0 Å². The third-order valence-corrected chi connectivity index (χ3v) is 3.92. The van der Waals surface area contributed by atoms with Crippen LogP contribution in [0.5, 0.6) is 0 Å². The first-order valence-corrected chi connectivity index (χ1v) is 6.45. The number of anilines is 1. The quantitative estimate of drug-likeness (QED) is 0.599. The minimum absolute atomic E-state index is 0.0284. The Balaban J connectivity index is 3.04. The van der Waals surface area contributed by atoms with Crippen molar-refractivity contribution < 1.29 is 4.79 Å². The third kappa shape index (κ3) is 2.93. The van der Waals surface area contributed by atoms with Gasteiger partial charge in [-0.3, -0.25) is 9.21 Å². The molecule has 0 aromatic heterocycles. The molecule has 0 saturated carbocycles. The number of alkyl halides is 1. The maximum atomic E-state index is 11.9. The van der Waals surface area contributed by atoms with Gasteiger partial charge in [-0.05, 0) is 32.4 Å². The van der Waals surface area contributed by atoms with Gasteiger partial charge in [-0.15, -0.1) is 11.6 Å². The first-order valence-electron chi connectivity index (χ1n) is 5.57. The van der Waals surface area contributed by atoms with Crippen LogP contribution in [-0.2, 0) is 4.79 Å². The van der Waals surface area contributed by atoms with Gasteiger partial charge in [-0.2, -0.15) is 0 Å². The molecule has 17 heavy (non-hydrogen) atoms. The topological polar surface area (TPSA) is 20.3 Å². The smallest absolute Gasteiger partial charge is 0.174 e. The Morgan fingerprint density at radius 2 is 1.88 bits per heavy atom. The zero-order valence-corrected chi connectivity index (χ0v) is 11.8. The van der Waals surface area contributed by atoms with E-state index in [1.807, 2.05) is 45.0 Å². The summed E-state index contributed by atoms with van der Waals surface area (Å²) in [5.41, 5.74) is 1.19. The normalized spacial score (nSPS) is 14.2. The zero-order valence-electron chi connectivity index (χ0n) is 10.3. The van der Waals surface area contributed by atoms with Gasteiger partial charge in [-0.1, -0.05) is 24.6 Å². The van der Waals surface area contributed by atoms with E-state index in [4.69, 9.17) is 23.4 Å². The highest BCUT2D eigenvalue weighted by Gasteiger charge is 2.36. The number of aryl methyl sites for hydroxylation is 1. The van der Waals surface area contributed by atoms with Gasteiger partial charge < -0.3 is 0 Å². The summed E-state index contributed by atoms with van der Waals surface area (Å²) in [5, 5.41) is 0. The van der Waals surface area contributed by atoms with Gasteiger partial charge in [0.05, 0.1) is 11.6 Å². The van der Waals surface area contributed by atoms with Crippen molar-refractivity contribution in [2.75, 3.05) is 10.3 Å². The van der Waals surface area contributed by atoms with Crippen molar-refractivity contribution in [3.05, 3.63) is 29.8 Å². The molecule has 0 amide bonds. The van der Waals surface area contributed by atoms with Crippen LogP contribution in [-0.4, -0.2) is 17.2 Å². The maximum absolute atomic E-state index is 11.9. The number of ketones is 1. The van der Waals surface area contributed by atoms with Crippen molar-refractivity contribution in [3.8, 4) is 0 Å². The molecule has 0 aliphatic rings.